The van der Waals surface area contributed by atoms with Crippen molar-refractivity contribution in [1.82, 2.24) is 0 Å². The molecule has 7 heavy (non-hydrogen) atoms. The van der Waals surface area contributed by atoms with Crippen molar-refractivity contribution >= 4 is 39.0 Å². The van der Waals surface area contributed by atoms with Crippen LogP contribution in [0.15, 0.2) is 0 Å². The van der Waals surface area contributed by atoms with Crippen LogP contribution in [0.5, 0.6) is 0 Å². The molecule has 1 aliphatic rings. The quantitative estimate of drug-likeness (QED) is 0.388. The molecule has 1 aliphatic carbocycles. The molecule has 38 valence electrons. The van der Waals surface area contributed by atoms with Crippen molar-refractivity contribution in [3.05, 3.63) is 0 Å². The summed E-state index contributed by atoms with van der Waals surface area (Å²) in [5.41, 5.74) is 0. The van der Waals surface area contributed by atoms with Gasteiger partial charge in [-0.25, -0.2) is 0 Å². The number of halogens is 1. The second-order valence-electron chi connectivity index (χ2n) is 1.88. The van der Waals surface area contributed by atoms with Gasteiger partial charge in [-0.2, -0.15) is 0 Å². The summed E-state index contributed by atoms with van der Waals surface area (Å²) in [5.74, 6) is 0. The molecular weight excluding hydrogens is 164 g/mol. The fourth-order valence-corrected chi connectivity index (χ4v) is 1.52. The number of rotatable bonds is 0. The summed E-state index contributed by atoms with van der Waals surface area (Å²) in [6.07, 6.45) is 5.69. The average Bonchev–Trinajstić information content (AvgIpc) is 1.86. The average molecular weight is 173 g/mol. The van der Waals surface area contributed by atoms with Gasteiger partial charge in [0.05, 0.1) is 0 Å². The Morgan fingerprint density at radius 3 is 1.71 bits per heavy atom. The van der Waals surface area contributed by atoms with Crippen LogP contribution in [0.25, 0.3) is 0 Å². The Kier molecular flexibility index (Phi) is 4.90. The molecule has 0 atom stereocenters. The summed E-state index contributed by atoms with van der Waals surface area (Å²) in [6.45, 7) is 0. The minimum atomic E-state index is 0. The number of alkyl halides is 1. The molecule has 0 amide bonds. The molecule has 2 radical (unpaired) electrons. The maximum Gasteiger partial charge on any atom is 0.0145 e. The van der Waals surface area contributed by atoms with Gasteiger partial charge >= 0.3 is 0 Å². The molecule has 0 aromatic heterocycles. The van der Waals surface area contributed by atoms with Gasteiger partial charge in [0, 0.05) is 27.9 Å². The third-order valence-electron chi connectivity index (χ3n) is 1.28. The molecule has 0 N–H and O–H groups in total. The Balaban J connectivity index is 0.000000360. The van der Waals surface area contributed by atoms with E-state index < -0.39 is 0 Å². The van der Waals surface area contributed by atoms with Gasteiger partial charge in [0.2, 0.25) is 0 Å². The number of hydrogen-bond donors (Lipinski definition) is 0. The molecule has 1 rings (SSSR count). The molecule has 0 aliphatic heterocycles. The molecule has 0 unspecified atom stereocenters. The van der Waals surface area contributed by atoms with E-state index in [-0.39, 0.29) is 23.1 Å². The summed E-state index contributed by atoms with van der Waals surface area (Å²) >= 11 is 3.54. The Bertz CT molecular complexity index is 41.3. The smallest absolute Gasteiger partial charge is 0.0145 e. The van der Waals surface area contributed by atoms with E-state index >= 15 is 0 Å². The summed E-state index contributed by atoms with van der Waals surface area (Å²) in [4.78, 5) is 0.859. The maximum atomic E-state index is 3.54. The van der Waals surface area contributed by atoms with Gasteiger partial charge in [-0.3, -0.25) is 0 Å². The molecule has 0 aromatic rings. The Hall–Kier alpha value is 1.25. The lowest BCUT2D eigenvalue weighted by molar-refractivity contribution is 0.886. The zero-order valence-electron chi connectivity index (χ0n) is 4.49. The van der Waals surface area contributed by atoms with Gasteiger partial charge in [-0.05, 0) is 12.8 Å². The third kappa shape index (κ3) is 2.93. The van der Waals surface area contributed by atoms with E-state index in [0.717, 1.165) is 4.83 Å². The lowest BCUT2D eigenvalue weighted by atomic mass is 10.4. The molecule has 0 saturated heterocycles. The summed E-state index contributed by atoms with van der Waals surface area (Å²) < 4.78 is 0. The largest absolute Gasteiger partial charge is 0.0891 e. The van der Waals surface area contributed by atoms with Crippen LogP contribution in [-0.2, 0) is 0 Å². The van der Waals surface area contributed by atoms with Crippen molar-refractivity contribution in [3.8, 4) is 0 Å². The first-order valence-electron chi connectivity index (χ1n) is 2.53. The Labute approximate surface area is 69.3 Å². The lowest BCUT2D eigenvalue weighted by Crippen LogP contribution is -1.81. The van der Waals surface area contributed by atoms with Gasteiger partial charge in [0.15, 0.2) is 0 Å². The topological polar surface area (TPSA) is 0 Å². The van der Waals surface area contributed by atoms with Crippen LogP contribution in [0, 0.1) is 0 Å². The SMILES string of the molecule is BrC1CCCC1.[Mg]. The van der Waals surface area contributed by atoms with Gasteiger partial charge in [-0.15, -0.1) is 0 Å². The van der Waals surface area contributed by atoms with Crippen LogP contribution < -0.4 is 0 Å². The predicted octanol–water partition coefficient (Wildman–Crippen LogP) is 1.94. The second kappa shape index (κ2) is 4.16. The zero-order chi connectivity index (χ0) is 4.41. The first-order chi connectivity index (χ1) is 2.89. The van der Waals surface area contributed by atoms with Crippen molar-refractivity contribution in [2.45, 2.75) is 30.5 Å². The van der Waals surface area contributed by atoms with Crippen molar-refractivity contribution in [2.24, 2.45) is 0 Å². The van der Waals surface area contributed by atoms with E-state index in [0.29, 0.717) is 0 Å². The van der Waals surface area contributed by atoms with Gasteiger partial charge in [0.25, 0.3) is 0 Å². The van der Waals surface area contributed by atoms with E-state index in [1.807, 2.05) is 0 Å². The van der Waals surface area contributed by atoms with Crippen molar-refractivity contribution < 1.29 is 0 Å². The van der Waals surface area contributed by atoms with Crippen molar-refractivity contribution in [2.75, 3.05) is 0 Å². The monoisotopic (exact) mass is 172 g/mol. The maximum absolute atomic E-state index is 3.54. The fourth-order valence-electron chi connectivity index (χ4n) is 0.876. The molecule has 0 bridgehead atoms. The Morgan fingerprint density at radius 1 is 1.14 bits per heavy atom. The van der Waals surface area contributed by atoms with E-state index in [4.69, 9.17) is 0 Å². The molecule has 0 nitrogen and oxygen atoms in total. The highest BCUT2D eigenvalue weighted by atomic mass is 79.9. The van der Waals surface area contributed by atoms with Crippen LogP contribution in [-0.4, -0.2) is 27.9 Å². The minimum Gasteiger partial charge on any atom is -0.0891 e. The summed E-state index contributed by atoms with van der Waals surface area (Å²) in [5, 5.41) is 0. The zero-order valence-corrected chi connectivity index (χ0v) is 7.49. The third-order valence-corrected chi connectivity index (χ3v) is 2.20. The van der Waals surface area contributed by atoms with Crippen molar-refractivity contribution in [3.63, 3.8) is 0 Å². The molecule has 1 saturated carbocycles. The first-order valence-corrected chi connectivity index (χ1v) is 3.45. The predicted molar refractivity (Wildman–Crippen MR) is 36.9 cm³/mol. The fraction of sp³-hybridized carbons (Fsp3) is 1.00. The minimum absolute atomic E-state index is 0. The van der Waals surface area contributed by atoms with Crippen LogP contribution in [0.4, 0.5) is 0 Å². The summed E-state index contributed by atoms with van der Waals surface area (Å²) in [7, 11) is 0. The van der Waals surface area contributed by atoms with Crippen LogP contribution >= 0.6 is 15.9 Å². The molecule has 2 heteroatoms. The Morgan fingerprint density at radius 2 is 1.57 bits per heavy atom. The van der Waals surface area contributed by atoms with Gasteiger partial charge in [-0.1, -0.05) is 28.8 Å². The molecule has 0 heterocycles. The van der Waals surface area contributed by atoms with Crippen LogP contribution in [0.2, 0.25) is 0 Å². The molecule has 1 fully saturated rings. The molecular formula is C5H9BrMg. The molecule has 0 spiro atoms. The molecule has 0 aromatic carbocycles. The van der Waals surface area contributed by atoms with E-state index in [9.17, 15) is 0 Å². The number of hydrogen-bond acceptors (Lipinski definition) is 0. The first kappa shape index (κ1) is 8.25. The van der Waals surface area contributed by atoms with E-state index in [1.165, 1.54) is 25.7 Å². The highest BCUT2D eigenvalue weighted by Crippen LogP contribution is 2.23. The normalized spacial score (nSPS) is 21.9. The van der Waals surface area contributed by atoms with Crippen LogP contribution in [0.3, 0.4) is 0 Å². The van der Waals surface area contributed by atoms with E-state index in [1.54, 1.807) is 0 Å². The second-order valence-corrected chi connectivity index (χ2v) is 3.18. The standard InChI is InChI=1S/C5H9Br.Mg/c6-5-3-1-2-4-5;/h5H,1-4H2;. The van der Waals surface area contributed by atoms with Crippen LogP contribution in [0.1, 0.15) is 25.7 Å². The highest BCUT2D eigenvalue weighted by Gasteiger charge is 2.09. The van der Waals surface area contributed by atoms with Crippen molar-refractivity contribution in [1.29, 1.82) is 0 Å². The lowest BCUT2D eigenvalue weighted by Gasteiger charge is -1.88. The van der Waals surface area contributed by atoms with E-state index in [2.05, 4.69) is 15.9 Å². The summed E-state index contributed by atoms with van der Waals surface area (Å²) in [6, 6.07) is 0. The highest BCUT2D eigenvalue weighted by molar-refractivity contribution is 9.09. The van der Waals surface area contributed by atoms with Gasteiger partial charge in [0.1, 0.15) is 0 Å². The van der Waals surface area contributed by atoms with Gasteiger partial charge < -0.3 is 0 Å².